The van der Waals surface area contributed by atoms with Crippen molar-refractivity contribution < 1.29 is 19.4 Å². The van der Waals surface area contributed by atoms with Gasteiger partial charge in [-0.05, 0) is 12.1 Å². The van der Waals surface area contributed by atoms with Gasteiger partial charge in [0.2, 0.25) is 0 Å². The van der Waals surface area contributed by atoms with Crippen molar-refractivity contribution >= 4 is 34.8 Å². The molecule has 0 bridgehead atoms. The molecule has 0 aromatic heterocycles. The van der Waals surface area contributed by atoms with E-state index in [0.717, 1.165) is 18.2 Å². The summed E-state index contributed by atoms with van der Waals surface area (Å²) in [5, 5.41) is 21.4. The third-order valence-electron chi connectivity index (χ3n) is 3.01. The van der Waals surface area contributed by atoms with Crippen LogP contribution in [0.5, 0.6) is 0 Å². The Labute approximate surface area is 144 Å². The van der Waals surface area contributed by atoms with Gasteiger partial charge in [-0.2, -0.15) is 0 Å². The van der Waals surface area contributed by atoms with Crippen molar-refractivity contribution in [1.82, 2.24) is 10.9 Å². The van der Waals surface area contributed by atoms with E-state index in [4.69, 9.17) is 11.6 Å². The minimum atomic E-state index is -0.882. The fourth-order valence-electron chi connectivity index (χ4n) is 1.81. The number of hydrogen-bond acceptors (Lipinski definition) is 6. The molecular weight excluding hydrogens is 356 g/mol. The zero-order chi connectivity index (χ0) is 18.6. The van der Waals surface area contributed by atoms with Gasteiger partial charge in [0.15, 0.2) is 0 Å². The number of non-ortho nitro benzene ring substituents is 2. The Morgan fingerprint density at radius 2 is 1.48 bits per heavy atom. The first kappa shape index (κ1) is 17.8. The molecule has 0 saturated heterocycles. The van der Waals surface area contributed by atoms with Crippen LogP contribution in [0.4, 0.5) is 11.4 Å². The molecule has 0 radical (unpaired) electrons. The molecule has 0 aliphatic rings. The van der Waals surface area contributed by atoms with E-state index in [2.05, 4.69) is 0 Å². The third kappa shape index (κ3) is 4.26. The highest BCUT2D eigenvalue weighted by Gasteiger charge is 2.17. The van der Waals surface area contributed by atoms with E-state index in [1.165, 1.54) is 24.3 Å². The van der Waals surface area contributed by atoms with Crippen LogP contribution in [-0.4, -0.2) is 21.7 Å². The number of carbonyl (C=O) groups is 2. The molecule has 2 rings (SSSR count). The molecule has 2 aromatic rings. The molecule has 0 aliphatic carbocycles. The summed E-state index contributed by atoms with van der Waals surface area (Å²) in [6.45, 7) is 0. The van der Waals surface area contributed by atoms with E-state index in [0.29, 0.717) is 0 Å². The SMILES string of the molecule is O=C(NNC(=O)c1cc([N+](=O)[O-])ccc1Cl)c1cccc([N+](=O)[O-])c1. The summed E-state index contributed by atoms with van der Waals surface area (Å²) in [7, 11) is 0. The van der Waals surface area contributed by atoms with E-state index >= 15 is 0 Å². The number of rotatable bonds is 4. The highest BCUT2D eigenvalue weighted by atomic mass is 35.5. The Balaban J connectivity index is 2.11. The molecule has 0 fully saturated rings. The number of nitrogens with zero attached hydrogens (tertiary/aromatic N) is 2. The zero-order valence-corrected chi connectivity index (χ0v) is 13.0. The van der Waals surface area contributed by atoms with Gasteiger partial charge in [0, 0.05) is 29.8 Å². The zero-order valence-electron chi connectivity index (χ0n) is 12.3. The standard InChI is InChI=1S/C14H9ClN4O6/c15-12-5-4-10(19(24)25)7-11(12)14(21)17-16-13(20)8-2-1-3-9(6-8)18(22)23/h1-7H,(H,16,20)(H,17,21). The highest BCUT2D eigenvalue weighted by molar-refractivity contribution is 6.34. The topological polar surface area (TPSA) is 144 Å². The lowest BCUT2D eigenvalue weighted by molar-refractivity contribution is -0.385. The molecule has 0 aliphatic heterocycles. The van der Waals surface area contributed by atoms with Crippen LogP contribution in [-0.2, 0) is 0 Å². The summed E-state index contributed by atoms with van der Waals surface area (Å²) in [5.74, 6) is -1.69. The fourth-order valence-corrected chi connectivity index (χ4v) is 2.02. The Morgan fingerprint density at radius 1 is 0.880 bits per heavy atom. The average Bonchev–Trinajstić information content (AvgIpc) is 2.59. The lowest BCUT2D eigenvalue weighted by Crippen LogP contribution is -2.41. The van der Waals surface area contributed by atoms with Crippen molar-refractivity contribution in [1.29, 1.82) is 0 Å². The molecule has 10 nitrogen and oxygen atoms in total. The largest absolute Gasteiger partial charge is 0.271 e. The first-order valence-corrected chi connectivity index (χ1v) is 6.96. The molecule has 11 heteroatoms. The molecule has 2 N–H and O–H groups in total. The predicted octanol–water partition coefficient (Wildman–Crippen LogP) is 2.23. The molecule has 25 heavy (non-hydrogen) atoms. The normalized spacial score (nSPS) is 9.96. The van der Waals surface area contributed by atoms with Gasteiger partial charge in [-0.25, -0.2) is 0 Å². The Kier molecular flexibility index (Phi) is 5.25. The van der Waals surface area contributed by atoms with Crippen molar-refractivity contribution in [3.63, 3.8) is 0 Å². The molecule has 2 aromatic carbocycles. The van der Waals surface area contributed by atoms with Crippen molar-refractivity contribution in [2.75, 3.05) is 0 Å². The lowest BCUT2D eigenvalue weighted by Gasteiger charge is -2.08. The first-order chi connectivity index (χ1) is 11.8. The van der Waals surface area contributed by atoms with E-state index < -0.39 is 21.7 Å². The lowest BCUT2D eigenvalue weighted by atomic mass is 10.2. The molecule has 0 spiro atoms. The summed E-state index contributed by atoms with van der Waals surface area (Å²) < 4.78 is 0. The van der Waals surface area contributed by atoms with E-state index in [1.807, 2.05) is 10.9 Å². The maximum atomic E-state index is 12.0. The minimum Gasteiger partial charge on any atom is -0.267 e. The Morgan fingerprint density at radius 3 is 2.12 bits per heavy atom. The molecule has 0 atom stereocenters. The summed E-state index contributed by atoms with van der Waals surface area (Å²) in [4.78, 5) is 44.0. The summed E-state index contributed by atoms with van der Waals surface area (Å²) in [6.07, 6.45) is 0. The number of halogens is 1. The minimum absolute atomic E-state index is 0.0484. The highest BCUT2D eigenvalue weighted by Crippen LogP contribution is 2.21. The van der Waals surface area contributed by atoms with Crippen LogP contribution in [0.1, 0.15) is 20.7 Å². The van der Waals surface area contributed by atoms with Gasteiger partial charge in [0.05, 0.1) is 20.4 Å². The van der Waals surface area contributed by atoms with Crippen molar-refractivity contribution in [3.8, 4) is 0 Å². The van der Waals surface area contributed by atoms with Gasteiger partial charge >= 0.3 is 0 Å². The van der Waals surface area contributed by atoms with Crippen LogP contribution in [0.2, 0.25) is 5.02 Å². The van der Waals surface area contributed by atoms with Crippen LogP contribution in [0.25, 0.3) is 0 Å². The molecule has 2 amide bonds. The number of carbonyl (C=O) groups excluding carboxylic acids is 2. The van der Waals surface area contributed by atoms with Crippen molar-refractivity contribution in [3.05, 3.63) is 78.8 Å². The number of nitrogens with one attached hydrogen (secondary N) is 2. The maximum Gasteiger partial charge on any atom is 0.271 e. The first-order valence-electron chi connectivity index (χ1n) is 6.58. The second-order valence-corrected chi connectivity index (χ2v) is 5.04. The van der Waals surface area contributed by atoms with Gasteiger partial charge in [0.1, 0.15) is 0 Å². The smallest absolute Gasteiger partial charge is 0.267 e. The molecule has 0 heterocycles. The quantitative estimate of drug-likeness (QED) is 0.628. The number of hydrogen-bond donors (Lipinski definition) is 2. The number of benzene rings is 2. The van der Waals surface area contributed by atoms with Gasteiger partial charge < -0.3 is 0 Å². The molecule has 0 unspecified atom stereocenters. The number of amides is 2. The second-order valence-electron chi connectivity index (χ2n) is 4.64. The average molecular weight is 365 g/mol. The Bertz CT molecular complexity index is 885. The summed E-state index contributed by atoms with van der Waals surface area (Å²) in [6, 6.07) is 8.12. The van der Waals surface area contributed by atoms with E-state index in [9.17, 15) is 29.8 Å². The molecular formula is C14H9ClN4O6. The van der Waals surface area contributed by atoms with E-state index in [-0.39, 0.29) is 27.5 Å². The van der Waals surface area contributed by atoms with Crippen LogP contribution in [0.15, 0.2) is 42.5 Å². The third-order valence-corrected chi connectivity index (χ3v) is 3.34. The molecule has 128 valence electrons. The van der Waals surface area contributed by atoms with Crippen molar-refractivity contribution in [2.24, 2.45) is 0 Å². The summed E-state index contributed by atoms with van der Waals surface area (Å²) >= 11 is 5.81. The second kappa shape index (κ2) is 7.36. The van der Waals surface area contributed by atoms with Gasteiger partial charge in [0.25, 0.3) is 23.2 Å². The fraction of sp³-hybridized carbons (Fsp3) is 0. The number of hydrazine groups is 1. The molecule has 0 saturated carbocycles. The van der Waals surface area contributed by atoms with Gasteiger partial charge in [-0.15, -0.1) is 0 Å². The van der Waals surface area contributed by atoms with E-state index in [1.54, 1.807) is 0 Å². The number of nitro groups is 2. The van der Waals surface area contributed by atoms with Crippen molar-refractivity contribution in [2.45, 2.75) is 0 Å². The predicted molar refractivity (Wildman–Crippen MR) is 86.1 cm³/mol. The van der Waals surface area contributed by atoms with Gasteiger partial charge in [-0.3, -0.25) is 40.7 Å². The maximum absolute atomic E-state index is 12.0. The van der Waals surface area contributed by atoms with Gasteiger partial charge in [-0.1, -0.05) is 17.7 Å². The van der Waals surface area contributed by atoms with Crippen LogP contribution in [0.3, 0.4) is 0 Å². The monoisotopic (exact) mass is 364 g/mol. The van der Waals surface area contributed by atoms with Crippen LogP contribution >= 0.6 is 11.6 Å². The van der Waals surface area contributed by atoms with Crippen LogP contribution in [0, 0.1) is 20.2 Å². The summed E-state index contributed by atoms with van der Waals surface area (Å²) in [5.41, 5.74) is 3.18. The van der Waals surface area contributed by atoms with Crippen LogP contribution < -0.4 is 10.9 Å². The number of nitro benzene ring substituents is 2. The Hall–Kier alpha value is -3.53.